The highest BCUT2D eigenvalue weighted by atomic mass is 35.5. The highest BCUT2D eigenvalue weighted by Crippen LogP contribution is 2.28. The fraction of sp³-hybridized carbons (Fsp3) is 0.350. The van der Waals surface area contributed by atoms with Crippen molar-refractivity contribution >= 4 is 23.4 Å². The summed E-state index contributed by atoms with van der Waals surface area (Å²) in [6.45, 7) is -0.0613. The van der Waals surface area contributed by atoms with Crippen molar-refractivity contribution in [2.75, 3.05) is 31.6 Å². The first kappa shape index (κ1) is 22.3. The number of alkyl halides is 3. The lowest BCUT2D eigenvalue weighted by molar-refractivity contribution is -0.209. The smallest absolute Gasteiger partial charge is 0.426 e. The maximum absolute atomic E-state index is 13.5. The van der Waals surface area contributed by atoms with Crippen LogP contribution in [-0.2, 0) is 9.47 Å². The topological polar surface area (TPSA) is 50.8 Å². The summed E-state index contributed by atoms with van der Waals surface area (Å²) >= 11 is 5.74. The summed E-state index contributed by atoms with van der Waals surface area (Å²) in [6.07, 6.45) is -8.90. The van der Waals surface area contributed by atoms with Crippen molar-refractivity contribution in [2.45, 2.75) is 18.4 Å². The van der Waals surface area contributed by atoms with Gasteiger partial charge in [0.2, 0.25) is 6.10 Å². The van der Waals surface area contributed by atoms with Crippen molar-refractivity contribution in [3.05, 3.63) is 64.9 Å². The first-order valence-electron chi connectivity index (χ1n) is 9.10. The Hall–Kier alpha value is -2.36. The van der Waals surface area contributed by atoms with Gasteiger partial charge in [-0.3, -0.25) is 10.2 Å². The van der Waals surface area contributed by atoms with Crippen LogP contribution in [0, 0.1) is 5.82 Å². The predicted molar refractivity (Wildman–Crippen MR) is 103 cm³/mol. The standard InChI is InChI=1S/C20H19ClF4N2O3/c21-14-4-6-16(7-5-14)26-19(28)30-18(20(23,24)25)12-27-8-9-29-17(11-27)13-2-1-3-15(22)10-13/h1-7,10,17-18H,8-9,11-12H2,(H,26,28). The number of hydrogen-bond acceptors (Lipinski definition) is 4. The van der Waals surface area contributed by atoms with Gasteiger partial charge in [0.15, 0.2) is 0 Å². The van der Waals surface area contributed by atoms with Gasteiger partial charge in [0.25, 0.3) is 0 Å². The number of nitrogens with one attached hydrogen (secondary N) is 1. The highest BCUT2D eigenvalue weighted by Gasteiger charge is 2.44. The fourth-order valence-electron chi connectivity index (χ4n) is 3.03. The van der Waals surface area contributed by atoms with Crippen molar-refractivity contribution in [3.63, 3.8) is 0 Å². The summed E-state index contributed by atoms with van der Waals surface area (Å²) in [5, 5.41) is 2.66. The van der Waals surface area contributed by atoms with Crippen LogP contribution < -0.4 is 5.32 Å². The molecule has 2 aromatic carbocycles. The third-order valence-electron chi connectivity index (χ3n) is 4.50. The molecule has 2 aromatic rings. The Morgan fingerprint density at radius 3 is 2.67 bits per heavy atom. The molecule has 1 saturated heterocycles. The van der Waals surface area contributed by atoms with Crippen molar-refractivity contribution in [3.8, 4) is 0 Å². The molecule has 3 rings (SSSR count). The van der Waals surface area contributed by atoms with E-state index in [0.29, 0.717) is 10.6 Å². The van der Waals surface area contributed by atoms with Crippen LogP contribution in [-0.4, -0.2) is 49.5 Å². The van der Waals surface area contributed by atoms with Crippen LogP contribution in [0.2, 0.25) is 5.02 Å². The molecule has 2 atom stereocenters. The largest absolute Gasteiger partial charge is 0.435 e. The Bertz CT molecular complexity index is 864. The first-order chi connectivity index (χ1) is 14.2. The van der Waals surface area contributed by atoms with E-state index in [-0.39, 0.29) is 25.4 Å². The lowest BCUT2D eigenvalue weighted by atomic mass is 10.1. The monoisotopic (exact) mass is 446 g/mol. The third-order valence-corrected chi connectivity index (χ3v) is 4.75. The molecular formula is C20H19ClF4N2O3. The molecule has 1 amide bonds. The van der Waals surface area contributed by atoms with Gasteiger partial charge in [-0.15, -0.1) is 0 Å². The molecule has 1 aliphatic rings. The Kier molecular flexibility index (Phi) is 7.17. The van der Waals surface area contributed by atoms with E-state index in [1.54, 1.807) is 6.07 Å². The zero-order chi connectivity index (χ0) is 21.7. The van der Waals surface area contributed by atoms with Crippen molar-refractivity contribution in [1.29, 1.82) is 0 Å². The Morgan fingerprint density at radius 2 is 2.00 bits per heavy atom. The lowest BCUT2D eigenvalue weighted by Gasteiger charge is -2.35. The first-order valence-corrected chi connectivity index (χ1v) is 9.48. The number of benzene rings is 2. The van der Waals surface area contributed by atoms with Crippen LogP contribution in [0.3, 0.4) is 0 Å². The zero-order valence-electron chi connectivity index (χ0n) is 15.7. The molecule has 0 saturated carbocycles. The predicted octanol–water partition coefficient (Wildman–Crippen LogP) is 5.03. The zero-order valence-corrected chi connectivity index (χ0v) is 16.4. The third kappa shape index (κ3) is 6.32. The van der Waals surface area contributed by atoms with Crippen LogP contribution in [0.5, 0.6) is 0 Å². The van der Waals surface area contributed by atoms with Crippen molar-refractivity contribution < 1.29 is 31.8 Å². The molecule has 0 bridgehead atoms. The van der Waals surface area contributed by atoms with Crippen molar-refractivity contribution in [2.24, 2.45) is 0 Å². The molecule has 30 heavy (non-hydrogen) atoms. The molecule has 0 aliphatic carbocycles. The number of amides is 1. The maximum Gasteiger partial charge on any atom is 0.426 e. The quantitative estimate of drug-likeness (QED) is 0.654. The van der Waals surface area contributed by atoms with Gasteiger partial charge >= 0.3 is 12.3 Å². The summed E-state index contributed by atoms with van der Waals surface area (Å²) in [5.74, 6) is -0.455. The van der Waals surface area contributed by atoms with Crippen LogP contribution in [0.25, 0.3) is 0 Å². The number of carbonyl (C=O) groups is 1. The van der Waals surface area contributed by atoms with Crippen molar-refractivity contribution in [1.82, 2.24) is 4.90 Å². The number of carbonyl (C=O) groups excluding carboxylic acids is 1. The lowest BCUT2D eigenvalue weighted by Crippen LogP contribution is -2.48. The van der Waals surface area contributed by atoms with E-state index in [0.717, 1.165) is 0 Å². The van der Waals surface area contributed by atoms with E-state index < -0.39 is 36.8 Å². The Labute approximate surface area is 175 Å². The molecule has 2 unspecified atom stereocenters. The molecule has 0 radical (unpaired) electrons. The number of anilines is 1. The van der Waals surface area contributed by atoms with E-state index in [1.807, 2.05) is 0 Å². The second-order valence-corrected chi connectivity index (χ2v) is 7.18. The normalized spacial score (nSPS) is 18.6. The maximum atomic E-state index is 13.5. The van der Waals surface area contributed by atoms with Crippen LogP contribution in [0.4, 0.5) is 28.0 Å². The molecule has 0 aromatic heterocycles. The summed E-state index contributed by atoms with van der Waals surface area (Å²) < 4.78 is 64.1. The van der Waals surface area contributed by atoms with E-state index in [1.165, 1.54) is 47.4 Å². The Morgan fingerprint density at radius 1 is 1.27 bits per heavy atom. The minimum atomic E-state index is -4.76. The van der Waals surface area contributed by atoms with Gasteiger partial charge in [-0.2, -0.15) is 13.2 Å². The Balaban J connectivity index is 1.62. The van der Waals surface area contributed by atoms with Crippen LogP contribution in [0.15, 0.2) is 48.5 Å². The second-order valence-electron chi connectivity index (χ2n) is 6.74. The van der Waals surface area contributed by atoms with Gasteiger partial charge in [0.05, 0.1) is 12.7 Å². The summed E-state index contributed by atoms with van der Waals surface area (Å²) in [5.41, 5.74) is 0.785. The number of ether oxygens (including phenoxy) is 2. The SMILES string of the molecule is O=C(Nc1ccc(Cl)cc1)OC(CN1CCOC(c2cccc(F)c2)C1)C(F)(F)F. The number of halogens is 5. The molecule has 1 aliphatic heterocycles. The van der Waals surface area contributed by atoms with Gasteiger partial charge in [0.1, 0.15) is 5.82 Å². The second kappa shape index (κ2) is 9.63. The van der Waals surface area contributed by atoms with Crippen LogP contribution >= 0.6 is 11.6 Å². The average molecular weight is 447 g/mol. The van der Waals surface area contributed by atoms with Gasteiger partial charge in [-0.25, -0.2) is 9.18 Å². The average Bonchev–Trinajstić information content (AvgIpc) is 2.69. The summed E-state index contributed by atoms with van der Waals surface area (Å²) in [6, 6.07) is 11.6. The molecule has 5 nitrogen and oxygen atoms in total. The number of rotatable bonds is 5. The number of morpholine rings is 1. The molecule has 162 valence electrons. The van der Waals surface area contributed by atoms with E-state index >= 15 is 0 Å². The van der Waals surface area contributed by atoms with Gasteiger partial charge in [0, 0.05) is 30.3 Å². The molecule has 1 fully saturated rings. The van der Waals surface area contributed by atoms with E-state index in [4.69, 9.17) is 16.3 Å². The van der Waals surface area contributed by atoms with Gasteiger partial charge in [-0.1, -0.05) is 23.7 Å². The summed E-state index contributed by atoms with van der Waals surface area (Å²) in [7, 11) is 0. The molecule has 1 N–H and O–H groups in total. The fourth-order valence-corrected chi connectivity index (χ4v) is 3.15. The minimum absolute atomic E-state index is 0.109. The number of hydrogen-bond donors (Lipinski definition) is 1. The molecule has 1 heterocycles. The molecule has 0 spiro atoms. The van der Waals surface area contributed by atoms with Crippen LogP contribution in [0.1, 0.15) is 11.7 Å². The van der Waals surface area contributed by atoms with Gasteiger partial charge < -0.3 is 9.47 Å². The number of nitrogens with zero attached hydrogens (tertiary/aromatic N) is 1. The van der Waals surface area contributed by atoms with Gasteiger partial charge in [-0.05, 0) is 42.0 Å². The molecular weight excluding hydrogens is 428 g/mol. The highest BCUT2D eigenvalue weighted by molar-refractivity contribution is 6.30. The minimum Gasteiger partial charge on any atom is -0.435 e. The van der Waals surface area contributed by atoms with E-state index in [9.17, 15) is 22.4 Å². The molecule has 10 heteroatoms. The summed E-state index contributed by atoms with van der Waals surface area (Å²) in [4.78, 5) is 13.4. The van der Waals surface area contributed by atoms with E-state index in [2.05, 4.69) is 10.1 Å².